The first-order valence-electron chi connectivity index (χ1n) is 6.13. The van der Waals surface area contributed by atoms with Crippen molar-refractivity contribution in [2.75, 3.05) is 11.9 Å². The average molecular weight is 291 g/mol. The number of amides is 1. The summed E-state index contributed by atoms with van der Waals surface area (Å²) in [6.07, 6.45) is 0. The number of nitrogens with one attached hydrogen (secondary N) is 1. The first-order valence-corrected chi connectivity index (χ1v) is 6.57. The number of ether oxygens (including phenoxy) is 1. The lowest BCUT2D eigenvalue weighted by molar-refractivity contribution is 0.102. The van der Waals surface area contributed by atoms with Gasteiger partial charge >= 0.3 is 0 Å². The Bertz CT molecular complexity index is 631. The molecule has 20 heavy (non-hydrogen) atoms. The Morgan fingerprint density at radius 3 is 2.80 bits per heavy atom. The van der Waals surface area contributed by atoms with Crippen molar-refractivity contribution in [1.29, 1.82) is 0 Å². The minimum Gasteiger partial charge on any atom is -0.494 e. The van der Waals surface area contributed by atoms with Crippen LogP contribution in [0, 0.1) is 5.82 Å². The van der Waals surface area contributed by atoms with Crippen molar-refractivity contribution < 1.29 is 13.9 Å². The summed E-state index contributed by atoms with van der Waals surface area (Å²) in [6.45, 7) is 2.44. The van der Waals surface area contributed by atoms with E-state index in [0.29, 0.717) is 23.6 Å². The zero-order valence-corrected chi connectivity index (χ0v) is 11.8. The number of hydrogen-bond donors (Lipinski definition) is 2. The molecule has 3 nitrogen and oxygen atoms in total. The van der Waals surface area contributed by atoms with Gasteiger partial charge in [0, 0.05) is 22.2 Å². The van der Waals surface area contributed by atoms with E-state index >= 15 is 0 Å². The fourth-order valence-electron chi connectivity index (χ4n) is 1.69. The van der Waals surface area contributed by atoms with Gasteiger partial charge in [-0.15, -0.1) is 12.6 Å². The van der Waals surface area contributed by atoms with Crippen LogP contribution in [0.15, 0.2) is 47.4 Å². The average Bonchev–Trinajstić information content (AvgIpc) is 2.42. The third-order valence-corrected chi connectivity index (χ3v) is 2.95. The fraction of sp³-hybridized carbons (Fsp3) is 0.133. The fourth-order valence-corrected chi connectivity index (χ4v) is 1.90. The maximum atomic E-state index is 13.1. The number of carbonyl (C=O) groups is 1. The van der Waals surface area contributed by atoms with Gasteiger partial charge in [-0.1, -0.05) is 6.07 Å². The van der Waals surface area contributed by atoms with Crippen molar-refractivity contribution in [3.8, 4) is 5.75 Å². The van der Waals surface area contributed by atoms with Gasteiger partial charge in [-0.2, -0.15) is 0 Å². The minimum atomic E-state index is -0.455. The zero-order valence-electron chi connectivity index (χ0n) is 10.9. The van der Waals surface area contributed by atoms with Gasteiger partial charge in [0.25, 0.3) is 5.91 Å². The normalized spacial score (nSPS) is 10.2. The summed E-state index contributed by atoms with van der Waals surface area (Å²) in [4.78, 5) is 12.2. The van der Waals surface area contributed by atoms with Crippen LogP contribution in [0.5, 0.6) is 5.75 Å². The van der Waals surface area contributed by atoms with Crippen molar-refractivity contribution in [1.82, 2.24) is 0 Å². The molecule has 0 unspecified atom stereocenters. The molecule has 1 amide bonds. The molecule has 1 N–H and O–H groups in total. The second kappa shape index (κ2) is 6.43. The van der Waals surface area contributed by atoms with E-state index in [0.717, 1.165) is 0 Å². The Balaban J connectivity index is 2.14. The molecule has 2 aromatic carbocycles. The van der Waals surface area contributed by atoms with E-state index < -0.39 is 5.82 Å². The van der Waals surface area contributed by atoms with Gasteiger partial charge in [0.1, 0.15) is 11.6 Å². The minimum absolute atomic E-state index is 0.140. The molecule has 0 saturated heterocycles. The summed E-state index contributed by atoms with van der Waals surface area (Å²) in [7, 11) is 0. The first kappa shape index (κ1) is 14.4. The zero-order chi connectivity index (χ0) is 14.5. The molecular formula is C15H14FNO2S. The number of halogens is 1. The Kier molecular flexibility index (Phi) is 4.63. The predicted molar refractivity (Wildman–Crippen MR) is 79.2 cm³/mol. The van der Waals surface area contributed by atoms with E-state index in [9.17, 15) is 9.18 Å². The van der Waals surface area contributed by atoms with E-state index in [-0.39, 0.29) is 10.8 Å². The number of thiol groups is 1. The SMILES string of the molecule is CCOc1cccc(NC(=O)c2ccc(F)c(S)c2)c1. The van der Waals surface area contributed by atoms with E-state index in [4.69, 9.17) is 4.74 Å². The highest BCUT2D eigenvalue weighted by molar-refractivity contribution is 7.80. The molecule has 0 fully saturated rings. The molecule has 2 rings (SSSR count). The molecule has 0 aliphatic rings. The van der Waals surface area contributed by atoms with Crippen LogP contribution >= 0.6 is 12.6 Å². The highest BCUT2D eigenvalue weighted by atomic mass is 32.1. The summed E-state index contributed by atoms with van der Waals surface area (Å²) >= 11 is 3.96. The highest BCUT2D eigenvalue weighted by Gasteiger charge is 2.09. The summed E-state index contributed by atoms with van der Waals surface area (Å²) < 4.78 is 18.5. The number of carbonyl (C=O) groups excluding carboxylic acids is 1. The molecule has 0 atom stereocenters. The molecule has 0 aromatic heterocycles. The molecule has 0 aliphatic heterocycles. The van der Waals surface area contributed by atoms with Gasteiger partial charge in [0.05, 0.1) is 6.61 Å². The largest absolute Gasteiger partial charge is 0.494 e. The predicted octanol–water partition coefficient (Wildman–Crippen LogP) is 3.77. The van der Waals surface area contributed by atoms with Crippen molar-refractivity contribution in [3.63, 3.8) is 0 Å². The number of hydrogen-bond acceptors (Lipinski definition) is 3. The molecule has 0 radical (unpaired) electrons. The van der Waals surface area contributed by atoms with Crippen LogP contribution in [0.3, 0.4) is 0 Å². The number of rotatable bonds is 4. The third-order valence-electron chi connectivity index (χ3n) is 2.61. The van der Waals surface area contributed by atoms with E-state index in [1.165, 1.54) is 18.2 Å². The van der Waals surface area contributed by atoms with Gasteiger partial charge in [0.15, 0.2) is 0 Å². The Labute approximate surface area is 122 Å². The molecular weight excluding hydrogens is 277 g/mol. The van der Waals surface area contributed by atoms with Crippen LogP contribution in [0.1, 0.15) is 17.3 Å². The van der Waals surface area contributed by atoms with Crippen LogP contribution in [-0.2, 0) is 0 Å². The summed E-state index contributed by atoms with van der Waals surface area (Å²) in [5.41, 5.74) is 0.962. The quantitative estimate of drug-likeness (QED) is 0.842. The van der Waals surface area contributed by atoms with Crippen molar-refractivity contribution >= 4 is 24.2 Å². The molecule has 0 heterocycles. The Morgan fingerprint density at radius 2 is 2.10 bits per heavy atom. The molecule has 0 spiro atoms. The lowest BCUT2D eigenvalue weighted by Gasteiger charge is -2.08. The monoisotopic (exact) mass is 291 g/mol. The Morgan fingerprint density at radius 1 is 1.30 bits per heavy atom. The highest BCUT2D eigenvalue weighted by Crippen LogP contribution is 2.19. The molecule has 0 bridgehead atoms. The lowest BCUT2D eigenvalue weighted by atomic mass is 10.2. The van der Waals surface area contributed by atoms with Crippen LogP contribution < -0.4 is 10.1 Å². The second-order valence-corrected chi connectivity index (χ2v) is 4.56. The van der Waals surface area contributed by atoms with E-state index in [2.05, 4.69) is 17.9 Å². The lowest BCUT2D eigenvalue weighted by Crippen LogP contribution is -2.12. The third kappa shape index (κ3) is 3.51. The first-order chi connectivity index (χ1) is 9.60. The van der Waals surface area contributed by atoms with Crippen molar-refractivity contribution in [2.24, 2.45) is 0 Å². The maximum Gasteiger partial charge on any atom is 0.255 e. The smallest absolute Gasteiger partial charge is 0.255 e. The summed E-state index contributed by atoms with van der Waals surface area (Å²) in [5.74, 6) is -0.100. The standard InChI is InChI=1S/C15H14FNO2S/c1-2-19-12-5-3-4-11(9-12)17-15(18)10-6-7-13(16)14(20)8-10/h3-9,20H,2H2,1H3,(H,17,18). The maximum absolute atomic E-state index is 13.1. The van der Waals surface area contributed by atoms with Crippen LogP contribution in [0.4, 0.5) is 10.1 Å². The Hall–Kier alpha value is -2.01. The topological polar surface area (TPSA) is 38.3 Å². The van der Waals surface area contributed by atoms with Crippen LogP contribution in [0.2, 0.25) is 0 Å². The van der Waals surface area contributed by atoms with Crippen LogP contribution in [-0.4, -0.2) is 12.5 Å². The summed E-state index contributed by atoms with van der Waals surface area (Å²) in [6, 6.07) is 11.1. The molecule has 104 valence electrons. The van der Waals surface area contributed by atoms with Crippen molar-refractivity contribution in [2.45, 2.75) is 11.8 Å². The van der Waals surface area contributed by atoms with E-state index in [1.54, 1.807) is 18.2 Å². The van der Waals surface area contributed by atoms with Crippen molar-refractivity contribution in [3.05, 3.63) is 53.8 Å². The molecule has 5 heteroatoms. The van der Waals surface area contributed by atoms with Gasteiger partial charge in [0.2, 0.25) is 0 Å². The number of anilines is 1. The summed E-state index contributed by atoms with van der Waals surface area (Å²) in [5, 5.41) is 2.73. The van der Waals surface area contributed by atoms with E-state index in [1.807, 2.05) is 13.0 Å². The van der Waals surface area contributed by atoms with Gasteiger partial charge in [-0.3, -0.25) is 4.79 Å². The molecule has 0 aliphatic carbocycles. The molecule has 2 aromatic rings. The second-order valence-electron chi connectivity index (χ2n) is 4.08. The van der Waals surface area contributed by atoms with Gasteiger partial charge < -0.3 is 10.1 Å². The number of benzene rings is 2. The van der Waals surface area contributed by atoms with Gasteiger partial charge in [-0.05, 0) is 37.3 Å². The van der Waals surface area contributed by atoms with Crippen LogP contribution in [0.25, 0.3) is 0 Å². The van der Waals surface area contributed by atoms with Gasteiger partial charge in [-0.25, -0.2) is 4.39 Å². The molecule has 0 saturated carbocycles.